The van der Waals surface area contributed by atoms with Crippen LogP contribution >= 0.6 is 46.4 Å². The number of anilines is 3. The van der Waals surface area contributed by atoms with Gasteiger partial charge in [-0.1, -0.05) is 52.5 Å². The third-order valence-electron chi connectivity index (χ3n) is 4.13. The molecule has 1 aromatic heterocycles. The predicted molar refractivity (Wildman–Crippen MR) is 120 cm³/mol. The molecule has 29 heavy (non-hydrogen) atoms. The van der Waals surface area contributed by atoms with Gasteiger partial charge in [-0.05, 0) is 48.5 Å². The number of benzene rings is 3. The van der Waals surface area contributed by atoms with Gasteiger partial charge in [-0.2, -0.15) is 0 Å². The summed E-state index contributed by atoms with van der Waals surface area (Å²) < 4.78 is 0. The molecule has 0 aliphatic carbocycles. The summed E-state index contributed by atoms with van der Waals surface area (Å²) in [5.41, 5.74) is 2.75. The Hall–Kier alpha value is -2.44. The van der Waals surface area contributed by atoms with E-state index < -0.39 is 0 Å². The molecular formula is C20H12Cl4N4O. The molecule has 0 unspecified atom stereocenters. The van der Waals surface area contributed by atoms with Crippen LogP contribution in [0.3, 0.4) is 0 Å². The van der Waals surface area contributed by atoms with E-state index in [1.54, 1.807) is 54.6 Å². The van der Waals surface area contributed by atoms with Gasteiger partial charge in [0, 0.05) is 10.6 Å². The first kappa shape index (κ1) is 19.9. The summed E-state index contributed by atoms with van der Waals surface area (Å²) in [5.74, 6) is 0.125. The van der Waals surface area contributed by atoms with Gasteiger partial charge in [0.15, 0.2) is 0 Å². The highest BCUT2D eigenvalue weighted by molar-refractivity contribution is 6.39. The summed E-state index contributed by atoms with van der Waals surface area (Å²) in [5, 5.41) is 7.63. The topological polar surface area (TPSA) is 69.8 Å². The number of H-pyrrole nitrogens is 1. The molecule has 0 bridgehead atoms. The Kier molecular flexibility index (Phi) is 5.56. The molecule has 3 aromatic carbocycles. The lowest BCUT2D eigenvalue weighted by molar-refractivity contribution is 0.102. The number of nitrogens with one attached hydrogen (secondary N) is 3. The van der Waals surface area contributed by atoms with Crippen molar-refractivity contribution >= 4 is 80.7 Å². The largest absolute Gasteiger partial charge is 0.324 e. The average molecular weight is 466 g/mol. The van der Waals surface area contributed by atoms with Gasteiger partial charge >= 0.3 is 0 Å². The molecule has 3 N–H and O–H groups in total. The number of amides is 1. The van der Waals surface area contributed by atoms with Gasteiger partial charge in [0.1, 0.15) is 0 Å². The zero-order valence-electron chi connectivity index (χ0n) is 14.6. The molecular weight excluding hydrogens is 454 g/mol. The fourth-order valence-electron chi connectivity index (χ4n) is 2.73. The number of aromatic amines is 1. The van der Waals surface area contributed by atoms with E-state index >= 15 is 0 Å². The molecule has 4 aromatic rings. The molecule has 146 valence electrons. The van der Waals surface area contributed by atoms with Gasteiger partial charge in [-0.15, -0.1) is 0 Å². The zero-order chi connectivity index (χ0) is 20.5. The van der Waals surface area contributed by atoms with E-state index in [9.17, 15) is 4.79 Å². The number of rotatable bonds is 4. The molecule has 5 nitrogen and oxygen atoms in total. The van der Waals surface area contributed by atoms with Crippen molar-refractivity contribution in [2.24, 2.45) is 0 Å². The van der Waals surface area contributed by atoms with Crippen molar-refractivity contribution in [3.05, 3.63) is 80.3 Å². The monoisotopic (exact) mass is 464 g/mol. The van der Waals surface area contributed by atoms with Crippen LogP contribution in [0.4, 0.5) is 17.3 Å². The van der Waals surface area contributed by atoms with Crippen LogP contribution in [-0.2, 0) is 0 Å². The first-order valence-electron chi connectivity index (χ1n) is 8.38. The van der Waals surface area contributed by atoms with Crippen LogP contribution < -0.4 is 10.6 Å². The number of aromatic nitrogens is 2. The van der Waals surface area contributed by atoms with Gasteiger partial charge in [0.25, 0.3) is 5.91 Å². The number of para-hydroxylation sites is 1. The number of carbonyl (C=O) groups excluding carboxylic acids is 1. The maximum atomic E-state index is 12.6. The smallest absolute Gasteiger partial charge is 0.255 e. The standard InChI is InChI=1S/C20H12Cl4N4O/c21-11-5-6-12(22)16(9-11)25-19(29)10-4-7-15-17(8-10)27-20(26-15)28-18-13(23)2-1-3-14(18)24/h1-9H,(H,25,29)(H2,26,27,28). The van der Waals surface area contributed by atoms with Gasteiger partial charge in [-0.3, -0.25) is 4.79 Å². The SMILES string of the molecule is O=C(Nc1cc(Cl)ccc1Cl)c1ccc2nc(Nc3c(Cl)cccc3Cl)[nH]c2c1. The molecule has 0 aliphatic heterocycles. The Balaban J connectivity index is 1.60. The fourth-order valence-corrected chi connectivity index (χ4v) is 3.56. The molecule has 0 atom stereocenters. The average Bonchev–Trinajstić information content (AvgIpc) is 3.09. The van der Waals surface area contributed by atoms with Crippen molar-refractivity contribution in [1.29, 1.82) is 0 Å². The summed E-state index contributed by atoms with van der Waals surface area (Å²) in [4.78, 5) is 20.2. The molecule has 4 rings (SSSR count). The van der Waals surface area contributed by atoms with E-state index in [0.29, 0.717) is 54.0 Å². The number of imidazole rings is 1. The quantitative estimate of drug-likeness (QED) is 0.299. The normalized spacial score (nSPS) is 10.9. The summed E-state index contributed by atoms with van der Waals surface area (Å²) in [6.07, 6.45) is 0. The molecule has 0 aliphatic rings. The summed E-state index contributed by atoms with van der Waals surface area (Å²) in [7, 11) is 0. The number of nitrogens with zero attached hydrogens (tertiary/aromatic N) is 1. The Morgan fingerprint density at radius 2 is 1.66 bits per heavy atom. The second-order valence-electron chi connectivity index (χ2n) is 6.12. The van der Waals surface area contributed by atoms with Crippen LogP contribution in [0.1, 0.15) is 10.4 Å². The molecule has 0 saturated carbocycles. The number of fused-ring (bicyclic) bond motifs is 1. The molecule has 1 heterocycles. The second kappa shape index (κ2) is 8.13. The highest BCUT2D eigenvalue weighted by atomic mass is 35.5. The van der Waals surface area contributed by atoms with Gasteiger partial charge in [-0.25, -0.2) is 4.98 Å². The lowest BCUT2D eigenvalue weighted by Gasteiger charge is -2.07. The van der Waals surface area contributed by atoms with Gasteiger partial charge < -0.3 is 15.6 Å². The highest BCUT2D eigenvalue weighted by Crippen LogP contribution is 2.32. The maximum Gasteiger partial charge on any atom is 0.255 e. The maximum absolute atomic E-state index is 12.6. The first-order chi connectivity index (χ1) is 13.9. The first-order valence-corrected chi connectivity index (χ1v) is 9.89. The molecule has 9 heteroatoms. The summed E-state index contributed by atoms with van der Waals surface area (Å²) in [6, 6.07) is 15.2. The van der Waals surface area contributed by atoms with Gasteiger partial charge in [0.2, 0.25) is 5.95 Å². The minimum absolute atomic E-state index is 0.325. The number of hydrogen-bond acceptors (Lipinski definition) is 3. The minimum Gasteiger partial charge on any atom is -0.324 e. The number of halogens is 4. The third-order valence-corrected chi connectivity index (χ3v) is 5.32. The number of hydrogen-bond donors (Lipinski definition) is 3. The molecule has 0 radical (unpaired) electrons. The minimum atomic E-state index is -0.325. The predicted octanol–water partition coefficient (Wildman–Crippen LogP) is 7.17. The molecule has 1 amide bonds. The highest BCUT2D eigenvalue weighted by Gasteiger charge is 2.13. The van der Waals surface area contributed by atoms with Crippen molar-refractivity contribution in [3.8, 4) is 0 Å². The Morgan fingerprint density at radius 3 is 2.41 bits per heavy atom. The Bertz CT molecular complexity index is 1220. The van der Waals surface area contributed by atoms with Crippen molar-refractivity contribution in [2.75, 3.05) is 10.6 Å². The van der Waals surface area contributed by atoms with Crippen molar-refractivity contribution < 1.29 is 4.79 Å². The summed E-state index contributed by atoms with van der Waals surface area (Å²) in [6.45, 7) is 0. The van der Waals surface area contributed by atoms with Crippen LogP contribution in [0.5, 0.6) is 0 Å². The van der Waals surface area contributed by atoms with E-state index in [0.717, 1.165) is 0 Å². The van der Waals surface area contributed by atoms with E-state index in [1.807, 2.05) is 0 Å². The van der Waals surface area contributed by atoms with E-state index in [-0.39, 0.29) is 5.91 Å². The van der Waals surface area contributed by atoms with Crippen LogP contribution in [0.25, 0.3) is 11.0 Å². The second-order valence-corrected chi connectivity index (χ2v) is 7.78. The fraction of sp³-hybridized carbons (Fsp3) is 0. The van der Waals surface area contributed by atoms with Crippen LogP contribution in [-0.4, -0.2) is 15.9 Å². The van der Waals surface area contributed by atoms with Crippen LogP contribution in [0.15, 0.2) is 54.6 Å². The van der Waals surface area contributed by atoms with Crippen molar-refractivity contribution in [3.63, 3.8) is 0 Å². The molecule has 0 spiro atoms. The van der Waals surface area contributed by atoms with Crippen LogP contribution in [0, 0.1) is 0 Å². The lowest BCUT2D eigenvalue weighted by Crippen LogP contribution is -2.12. The number of carbonyl (C=O) groups is 1. The van der Waals surface area contributed by atoms with E-state index in [1.165, 1.54) is 0 Å². The van der Waals surface area contributed by atoms with Crippen molar-refractivity contribution in [1.82, 2.24) is 9.97 Å². The Morgan fingerprint density at radius 1 is 0.897 bits per heavy atom. The summed E-state index contributed by atoms with van der Waals surface area (Å²) >= 11 is 24.4. The van der Waals surface area contributed by atoms with Crippen LogP contribution in [0.2, 0.25) is 20.1 Å². The Labute approximate surface area is 185 Å². The third kappa shape index (κ3) is 4.28. The lowest BCUT2D eigenvalue weighted by atomic mass is 10.2. The van der Waals surface area contributed by atoms with E-state index in [2.05, 4.69) is 20.6 Å². The van der Waals surface area contributed by atoms with E-state index in [4.69, 9.17) is 46.4 Å². The van der Waals surface area contributed by atoms with Gasteiger partial charge in [0.05, 0.1) is 37.5 Å². The van der Waals surface area contributed by atoms with Crippen molar-refractivity contribution in [2.45, 2.75) is 0 Å². The molecule has 0 saturated heterocycles. The zero-order valence-corrected chi connectivity index (χ0v) is 17.6. The molecule has 0 fully saturated rings.